The Bertz CT molecular complexity index is 485. The minimum absolute atomic E-state index is 0.0154. The summed E-state index contributed by atoms with van der Waals surface area (Å²) in [7, 11) is 0. The zero-order valence-corrected chi connectivity index (χ0v) is 12.7. The molecule has 0 amide bonds. The first-order valence-electron chi connectivity index (χ1n) is 7.29. The summed E-state index contributed by atoms with van der Waals surface area (Å²) in [6, 6.07) is 6.73. The number of benzene rings is 1. The van der Waals surface area contributed by atoms with Gasteiger partial charge in [0.25, 0.3) is 0 Å². The normalized spacial score (nSPS) is 33.2. The molecule has 3 atom stereocenters. The van der Waals surface area contributed by atoms with Crippen molar-refractivity contribution < 1.29 is 9.13 Å². The fraction of sp³-hybridized carbons (Fsp3) is 0.625. The summed E-state index contributed by atoms with van der Waals surface area (Å²) in [5.41, 5.74) is 7.02. The predicted molar refractivity (Wildman–Crippen MR) is 81.3 cm³/mol. The van der Waals surface area contributed by atoms with E-state index < -0.39 is 5.54 Å². The second-order valence-electron chi connectivity index (χ2n) is 6.32. The maximum atomic E-state index is 13.5. The van der Waals surface area contributed by atoms with Crippen LogP contribution in [0.5, 0.6) is 0 Å². The Hall–Kier alpha value is -0.580. The molecule has 2 aliphatic heterocycles. The lowest BCUT2D eigenvalue weighted by Gasteiger charge is -2.44. The van der Waals surface area contributed by atoms with Crippen LogP contribution in [0.1, 0.15) is 31.7 Å². The Morgan fingerprint density at radius 2 is 2.35 bits per heavy atom. The first-order chi connectivity index (χ1) is 9.52. The van der Waals surface area contributed by atoms with Crippen molar-refractivity contribution in [2.45, 2.75) is 37.3 Å². The molecule has 2 saturated heterocycles. The molecule has 0 saturated carbocycles. The third kappa shape index (κ3) is 2.61. The topological polar surface area (TPSA) is 35.2 Å². The lowest BCUT2D eigenvalue weighted by atomic mass is 9.72. The van der Waals surface area contributed by atoms with E-state index >= 15 is 0 Å². The highest BCUT2D eigenvalue weighted by atomic mass is 32.2. The molecule has 0 aliphatic carbocycles. The van der Waals surface area contributed by atoms with E-state index in [9.17, 15) is 4.39 Å². The summed E-state index contributed by atoms with van der Waals surface area (Å²) in [5, 5.41) is 0. The van der Waals surface area contributed by atoms with E-state index in [1.54, 1.807) is 12.1 Å². The molecule has 1 aromatic carbocycles. The van der Waals surface area contributed by atoms with Crippen LogP contribution in [0.3, 0.4) is 0 Å². The number of hydrogen-bond donors (Lipinski definition) is 1. The highest BCUT2D eigenvalue weighted by Gasteiger charge is 2.45. The zero-order chi connectivity index (χ0) is 14.2. The summed E-state index contributed by atoms with van der Waals surface area (Å²) in [5.74, 6) is 2.38. The number of hydrogen-bond acceptors (Lipinski definition) is 3. The van der Waals surface area contributed by atoms with Gasteiger partial charge in [0.2, 0.25) is 0 Å². The molecule has 3 unspecified atom stereocenters. The van der Waals surface area contributed by atoms with Gasteiger partial charge in [-0.3, -0.25) is 0 Å². The van der Waals surface area contributed by atoms with E-state index in [1.165, 1.54) is 11.8 Å². The third-order valence-electron chi connectivity index (χ3n) is 4.85. The average Bonchev–Trinajstić information content (AvgIpc) is 2.87. The SMILES string of the molecule is CC(N)(c1cccc(F)c1)C1CCOC2(CCSC2)C1. The summed E-state index contributed by atoms with van der Waals surface area (Å²) in [6.45, 7) is 2.81. The van der Waals surface area contributed by atoms with Crippen molar-refractivity contribution >= 4 is 11.8 Å². The number of nitrogens with two attached hydrogens (primary N) is 1. The maximum Gasteiger partial charge on any atom is 0.123 e. The Kier molecular flexibility index (Phi) is 3.82. The molecule has 2 aliphatic rings. The highest BCUT2D eigenvalue weighted by Crippen LogP contribution is 2.45. The molecule has 0 aromatic heterocycles. The largest absolute Gasteiger partial charge is 0.374 e. The van der Waals surface area contributed by atoms with Crippen molar-refractivity contribution in [2.75, 3.05) is 18.1 Å². The van der Waals surface area contributed by atoms with E-state index in [0.717, 1.165) is 37.2 Å². The number of ether oxygens (including phenoxy) is 1. The predicted octanol–water partition coefficient (Wildman–Crippen LogP) is 3.30. The number of thioether (sulfide) groups is 1. The molecule has 2 N–H and O–H groups in total. The summed E-state index contributed by atoms with van der Waals surface area (Å²) in [4.78, 5) is 0. The van der Waals surface area contributed by atoms with Crippen molar-refractivity contribution in [3.8, 4) is 0 Å². The van der Waals surface area contributed by atoms with Crippen LogP contribution >= 0.6 is 11.8 Å². The van der Waals surface area contributed by atoms with Crippen LogP contribution in [0, 0.1) is 11.7 Å². The van der Waals surface area contributed by atoms with Gasteiger partial charge in [0.1, 0.15) is 5.82 Å². The van der Waals surface area contributed by atoms with E-state index in [4.69, 9.17) is 10.5 Å². The van der Waals surface area contributed by atoms with Crippen molar-refractivity contribution in [3.05, 3.63) is 35.6 Å². The molecule has 1 spiro atoms. The van der Waals surface area contributed by atoms with Gasteiger partial charge in [0.15, 0.2) is 0 Å². The van der Waals surface area contributed by atoms with Crippen LogP contribution < -0.4 is 5.73 Å². The summed E-state index contributed by atoms with van der Waals surface area (Å²) in [6.07, 6.45) is 3.06. The minimum Gasteiger partial charge on any atom is -0.374 e. The first-order valence-corrected chi connectivity index (χ1v) is 8.44. The second-order valence-corrected chi connectivity index (χ2v) is 7.42. The van der Waals surface area contributed by atoms with E-state index in [0.29, 0.717) is 5.92 Å². The van der Waals surface area contributed by atoms with Crippen LogP contribution in [0.15, 0.2) is 24.3 Å². The van der Waals surface area contributed by atoms with Gasteiger partial charge < -0.3 is 10.5 Å². The summed E-state index contributed by atoms with van der Waals surface area (Å²) >= 11 is 1.96. The number of halogens is 1. The molecule has 0 radical (unpaired) electrons. The smallest absolute Gasteiger partial charge is 0.123 e. The van der Waals surface area contributed by atoms with E-state index in [2.05, 4.69) is 0 Å². The lowest BCUT2D eigenvalue weighted by Crippen LogP contribution is -2.50. The molecule has 110 valence electrons. The lowest BCUT2D eigenvalue weighted by molar-refractivity contribution is -0.0917. The van der Waals surface area contributed by atoms with Crippen molar-refractivity contribution in [3.63, 3.8) is 0 Å². The van der Waals surface area contributed by atoms with Gasteiger partial charge in [0.05, 0.1) is 5.60 Å². The molecule has 3 rings (SSSR count). The molecule has 2 heterocycles. The van der Waals surface area contributed by atoms with Gasteiger partial charge in [-0.1, -0.05) is 12.1 Å². The van der Waals surface area contributed by atoms with Crippen molar-refractivity contribution in [1.29, 1.82) is 0 Å². The maximum absolute atomic E-state index is 13.5. The van der Waals surface area contributed by atoms with Gasteiger partial charge in [-0.25, -0.2) is 4.39 Å². The molecule has 2 nitrogen and oxygen atoms in total. The van der Waals surface area contributed by atoms with Crippen LogP contribution in [-0.4, -0.2) is 23.7 Å². The van der Waals surface area contributed by atoms with Crippen LogP contribution in [0.2, 0.25) is 0 Å². The Morgan fingerprint density at radius 1 is 1.50 bits per heavy atom. The molecular weight excluding hydrogens is 273 g/mol. The molecule has 20 heavy (non-hydrogen) atoms. The fourth-order valence-corrected chi connectivity index (χ4v) is 4.84. The number of rotatable bonds is 2. The molecular formula is C16H22FNOS. The van der Waals surface area contributed by atoms with Crippen molar-refractivity contribution in [1.82, 2.24) is 0 Å². The van der Waals surface area contributed by atoms with Gasteiger partial charge in [0, 0.05) is 17.9 Å². The van der Waals surface area contributed by atoms with Gasteiger partial charge >= 0.3 is 0 Å². The van der Waals surface area contributed by atoms with Crippen LogP contribution in [0.4, 0.5) is 4.39 Å². The fourth-order valence-electron chi connectivity index (χ4n) is 3.46. The van der Waals surface area contributed by atoms with E-state index in [1.807, 2.05) is 24.8 Å². The van der Waals surface area contributed by atoms with Gasteiger partial charge in [-0.15, -0.1) is 0 Å². The molecule has 0 bridgehead atoms. The quantitative estimate of drug-likeness (QED) is 0.909. The second kappa shape index (κ2) is 5.32. The summed E-state index contributed by atoms with van der Waals surface area (Å²) < 4.78 is 19.5. The highest BCUT2D eigenvalue weighted by molar-refractivity contribution is 7.99. The minimum atomic E-state index is -0.494. The van der Waals surface area contributed by atoms with Gasteiger partial charge in [-0.2, -0.15) is 11.8 Å². The Labute approximate surface area is 124 Å². The first kappa shape index (κ1) is 14.4. The molecule has 2 fully saturated rings. The van der Waals surface area contributed by atoms with E-state index in [-0.39, 0.29) is 11.4 Å². The third-order valence-corrected chi connectivity index (χ3v) is 6.08. The Balaban J connectivity index is 1.83. The Morgan fingerprint density at radius 3 is 3.05 bits per heavy atom. The van der Waals surface area contributed by atoms with Crippen LogP contribution in [0.25, 0.3) is 0 Å². The van der Waals surface area contributed by atoms with Crippen molar-refractivity contribution in [2.24, 2.45) is 11.7 Å². The molecule has 1 aromatic rings. The zero-order valence-electron chi connectivity index (χ0n) is 11.9. The van der Waals surface area contributed by atoms with Crippen LogP contribution in [-0.2, 0) is 10.3 Å². The monoisotopic (exact) mass is 295 g/mol. The standard InChI is InChI=1S/C16H22FNOS/c1-15(18,12-3-2-4-14(17)9-12)13-5-7-19-16(10-13)6-8-20-11-16/h2-4,9,13H,5-8,10-11,18H2,1H3. The van der Waals surface area contributed by atoms with Gasteiger partial charge in [-0.05, 0) is 55.6 Å². The molecule has 4 heteroatoms. The average molecular weight is 295 g/mol.